The second kappa shape index (κ2) is 11.0. The summed E-state index contributed by atoms with van der Waals surface area (Å²) >= 11 is 0. The second-order valence-corrected chi connectivity index (χ2v) is 7.86. The van der Waals surface area contributed by atoms with E-state index in [0.29, 0.717) is 47.7 Å². The Bertz CT molecular complexity index is 1360. The summed E-state index contributed by atoms with van der Waals surface area (Å²) < 4.78 is 51.5. The molecule has 0 aliphatic heterocycles. The number of fused-ring (bicyclic) bond motifs is 1. The van der Waals surface area contributed by atoms with Crippen molar-refractivity contribution >= 4 is 16.6 Å². The Hall–Kier alpha value is -4.31. The number of non-ortho nitro benzene ring substituents is 1. The lowest BCUT2D eigenvalue weighted by atomic mass is 10.1. The van der Waals surface area contributed by atoms with E-state index in [1.807, 2.05) is 37.3 Å². The summed E-state index contributed by atoms with van der Waals surface area (Å²) in [6.45, 7) is 2.56. The van der Waals surface area contributed by atoms with Crippen LogP contribution in [0.4, 0.5) is 14.5 Å². The molecular formula is C26H22F2N2O6. The molecule has 1 atom stereocenters. The molecule has 0 fully saturated rings. The van der Waals surface area contributed by atoms with Crippen LogP contribution in [0.1, 0.15) is 12.5 Å². The summed E-state index contributed by atoms with van der Waals surface area (Å²) in [6.07, 6.45) is 1.05. The van der Waals surface area contributed by atoms with Crippen LogP contribution in [0.25, 0.3) is 10.9 Å². The van der Waals surface area contributed by atoms with Crippen LogP contribution in [-0.4, -0.2) is 29.7 Å². The molecule has 0 aliphatic rings. The molecule has 1 heterocycles. The number of aromatic nitrogens is 1. The van der Waals surface area contributed by atoms with Crippen LogP contribution < -0.4 is 14.2 Å². The summed E-state index contributed by atoms with van der Waals surface area (Å²) in [5.41, 5.74) is 0.736. The molecule has 0 N–H and O–H groups in total. The average molecular weight is 496 g/mol. The summed E-state index contributed by atoms with van der Waals surface area (Å²) in [5, 5.41) is 11.3. The average Bonchev–Trinajstić information content (AvgIpc) is 2.86. The second-order valence-electron chi connectivity index (χ2n) is 7.86. The third-order valence-electron chi connectivity index (χ3n) is 5.19. The summed E-state index contributed by atoms with van der Waals surface area (Å²) in [7, 11) is 1.48. The van der Waals surface area contributed by atoms with Crippen molar-refractivity contribution in [1.29, 1.82) is 0 Å². The van der Waals surface area contributed by atoms with Gasteiger partial charge in [0.15, 0.2) is 28.9 Å². The zero-order chi connectivity index (χ0) is 25.7. The van der Waals surface area contributed by atoms with Crippen LogP contribution in [-0.2, 0) is 11.3 Å². The first-order valence-corrected chi connectivity index (χ1v) is 10.9. The molecule has 0 spiro atoms. The topological polar surface area (TPSA) is 93.0 Å². The minimum Gasteiger partial charge on any atom is -0.493 e. The van der Waals surface area contributed by atoms with Crippen LogP contribution >= 0.6 is 0 Å². The van der Waals surface area contributed by atoms with Gasteiger partial charge in [-0.05, 0) is 24.6 Å². The van der Waals surface area contributed by atoms with Crippen molar-refractivity contribution in [2.75, 3.05) is 13.7 Å². The van der Waals surface area contributed by atoms with Gasteiger partial charge in [0.05, 0.1) is 42.9 Å². The quantitative estimate of drug-likeness (QED) is 0.190. The van der Waals surface area contributed by atoms with Gasteiger partial charge in [0, 0.05) is 17.6 Å². The fourth-order valence-electron chi connectivity index (χ4n) is 3.50. The highest BCUT2D eigenvalue weighted by Crippen LogP contribution is 2.39. The van der Waals surface area contributed by atoms with Crippen LogP contribution in [0.5, 0.6) is 23.0 Å². The Morgan fingerprint density at radius 3 is 2.39 bits per heavy atom. The van der Waals surface area contributed by atoms with Crippen LogP contribution in [0.15, 0.2) is 66.9 Å². The van der Waals surface area contributed by atoms with Gasteiger partial charge < -0.3 is 18.9 Å². The molecule has 10 heteroatoms. The van der Waals surface area contributed by atoms with E-state index in [4.69, 9.17) is 18.9 Å². The van der Waals surface area contributed by atoms with Gasteiger partial charge >= 0.3 is 0 Å². The standard InChI is InChI=1S/C26H22F2N2O6/c1-16(14-34-15-17-6-4-3-5-7-17)35-25-12-19-22(13-24(25)33-2)29-9-8-23(19)36-26-20(27)10-18(30(31)32)11-21(26)28/h3-13,16H,14-15H2,1-2H3. The Balaban J connectivity index is 1.57. The molecule has 0 saturated carbocycles. The van der Waals surface area contributed by atoms with Crippen molar-refractivity contribution in [1.82, 2.24) is 4.98 Å². The van der Waals surface area contributed by atoms with E-state index in [1.54, 1.807) is 12.1 Å². The highest BCUT2D eigenvalue weighted by molar-refractivity contribution is 5.88. The first-order valence-electron chi connectivity index (χ1n) is 10.9. The number of hydrogen-bond acceptors (Lipinski definition) is 7. The third-order valence-corrected chi connectivity index (χ3v) is 5.19. The van der Waals surface area contributed by atoms with E-state index in [9.17, 15) is 18.9 Å². The molecule has 0 amide bonds. The number of benzene rings is 3. The zero-order valence-electron chi connectivity index (χ0n) is 19.4. The lowest BCUT2D eigenvalue weighted by molar-refractivity contribution is -0.385. The largest absolute Gasteiger partial charge is 0.493 e. The molecule has 0 saturated heterocycles. The lowest BCUT2D eigenvalue weighted by Crippen LogP contribution is -2.19. The van der Waals surface area contributed by atoms with Gasteiger partial charge in [0.2, 0.25) is 0 Å². The first kappa shape index (κ1) is 24.8. The molecule has 3 aromatic carbocycles. The van der Waals surface area contributed by atoms with E-state index in [2.05, 4.69) is 4.98 Å². The van der Waals surface area contributed by atoms with Gasteiger partial charge in [-0.2, -0.15) is 0 Å². The number of ether oxygens (including phenoxy) is 4. The number of methoxy groups -OCH3 is 1. The Kier molecular flexibility index (Phi) is 7.55. The minimum absolute atomic E-state index is 0.0761. The fraction of sp³-hybridized carbons (Fsp3) is 0.192. The van der Waals surface area contributed by atoms with Gasteiger partial charge in [-0.3, -0.25) is 15.1 Å². The number of hydrogen-bond donors (Lipinski definition) is 0. The molecule has 1 unspecified atom stereocenters. The highest BCUT2D eigenvalue weighted by atomic mass is 19.1. The molecule has 0 bridgehead atoms. The maximum Gasteiger partial charge on any atom is 0.275 e. The monoisotopic (exact) mass is 496 g/mol. The number of pyridine rings is 1. The highest BCUT2D eigenvalue weighted by Gasteiger charge is 2.21. The number of nitro benzene ring substituents is 1. The molecule has 4 rings (SSSR count). The summed E-state index contributed by atoms with van der Waals surface area (Å²) in [6, 6.07) is 15.5. The minimum atomic E-state index is -1.21. The van der Waals surface area contributed by atoms with Gasteiger partial charge in [-0.25, -0.2) is 8.78 Å². The molecular weight excluding hydrogens is 474 g/mol. The predicted octanol–water partition coefficient (Wildman–Crippen LogP) is 6.21. The van der Waals surface area contributed by atoms with Crippen molar-refractivity contribution < 1.29 is 32.7 Å². The number of nitro groups is 1. The van der Waals surface area contributed by atoms with Gasteiger partial charge in [0.1, 0.15) is 11.9 Å². The molecule has 0 aliphatic carbocycles. The number of nitrogens with zero attached hydrogens (tertiary/aromatic N) is 2. The lowest BCUT2D eigenvalue weighted by Gasteiger charge is -2.18. The SMILES string of the molecule is COc1cc2nccc(Oc3c(F)cc([N+](=O)[O-])cc3F)c2cc1OC(C)COCc1ccccc1. The van der Waals surface area contributed by atoms with Gasteiger partial charge in [-0.15, -0.1) is 0 Å². The van der Waals surface area contributed by atoms with E-state index >= 15 is 0 Å². The van der Waals surface area contributed by atoms with Crippen molar-refractivity contribution in [3.63, 3.8) is 0 Å². The van der Waals surface area contributed by atoms with Gasteiger partial charge in [0.25, 0.3) is 5.69 Å². The molecule has 1 aromatic heterocycles. The molecule has 4 aromatic rings. The zero-order valence-corrected chi connectivity index (χ0v) is 19.4. The van der Waals surface area contributed by atoms with Crippen molar-refractivity contribution in [2.24, 2.45) is 0 Å². The smallest absolute Gasteiger partial charge is 0.275 e. The maximum atomic E-state index is 14.4. The Morgan fingerprint density at radius 1 is 1.00 bits per heavy atom. The Morgan fingerprint density at radius 2 is 1.72 bits per heavy atom. The van der Waals surface area contributed by atoms with Gasteiger partial charge in [-0.1, -0.05) is 30.3 Å². The van der Waals surface area contributed by atoms with E-state index in [-0.39, 0.29) is 11.9 Å². The first-order chi connectivity index (χ1) is 17.4. The molecule has 186 valence electrons. The number of rotatable bonds is 10. The van der Waals surface area contributed by atoms with E-state index < -0.39 is 28.0 Å². The van der Waals surface area contributed by atoms with E-state index in [0.717, 1.165) is 5.56 Å². The normalized spacial score (nSPS) is 11.8. The predicted molar refractivity (Wildman–Crippen MR) is 128 cm³/mol. The summed E-state index contributed by atoms with van der Waals surface area (Å²) in [4.78, 5) is 14.2. The van der Waals surface area contributed by atoms with Crippen LogP contribution in [0.3, 0.4) is 0 Å². The van der Waals surface area contributed by atoms with E-state index in [1.165, 1.54) is 19.4 Å². The molecule has 8 nitrogen and oxygen atoms in total. The molecule has 0 radical (unpaired) electrons. The maximum absolute atomic E-state index is 14.4. The Labute approximate surface area is 205 Å². The van der Waals surface area contributed by atoms with Crippen molar-refractivity contribution in [2.45, 2.75) is 19.6 Å². The van der Waals surface area contributed by atoms with Crippen LogP contribution in [0.2, 0.25) is 0 Å². The van der Waals surface area contributed by atoms with Crippen LogP contribution in [0, 0.1) is 21.7 Å². The summed E-state index contributed by atoms with van der Waals surface area (Å²) in [5.74, 6) is -2.36. The molecule has 36 heavy (non-hydrogen) atoms. The third kappa shape index (κ3) is 5.66. The fourth-order valence-corrected chi connectivity index (χ4v) is 3.50. The van der Waals surface area contributed by atoms with Crippen molar-refractivity contribution in [3.05, 3.63) is 94.2 Å². The number of halogens is 2. The van der Waals surface area contributed by atoms with Crippen molar-refractivity contribution in [3.8, 4) is 23.0 Å².